The molecule has 36 heavy (non-hydrogen) atoms. The average Bonchev–Trinajstić information content (AvgIpc) is 3.68. The summed E-state index contributed by atoms with van der Waals surface area (Å²) in [5.41, 5.74) is 0. The summed E-state index contributed by atoms with van der Waals surface area (Å²) in [4.78, 5) is 2.50. The number of hydrogen-bond donors (Lipinski definition) is 1. The average molecular weight is 565 g/mol. The third-order valence-electron chi connectivity index (χ3n) is 5.61. The second-order valence-corrected chi connectivity index (χ2v) is 8.19. The summed E-state index contributed by atoms with van der Waals surface area (Å²) in [6.45, 7) is 11.1. The van der Waals surface area contributed by atoms with Gasteiger partial charge in [0.25, 0.3) is 0 Å². The Morgan fingerprint density at radius 2 is 0.944 bits per heavy atom. The monoisotopic (exact) mass is 565 g/mol. The van der Waals surface area contributed by atoms with Crippen LogP contribution in [0.4, 0.5) is 0 Å². The molecule has 0 aliphatic heterocycles. The van der Waals surface area contributed by atoms with Crippen molar-refractivity contribution in [2.75, 3.05) is 26.2 Å². The predicted octanol–water partition coefficient (Wildman–Crippen LogP) is 5.80. The molecule has 4 aliphatic rings. The van der Waals surface area contributed by atoms with Crippen LogP contribution < -0.4 is 0 Å². The van der Waals surface area contributed by atoms with Gasteiger partial charge < -0.3 is 10.0 Å². The Morgan fingerprint density at radius 3 is 1.31 bits per heavy atom. The number of allylic oxidation sites excluding steroid dienone is 2. The molecule has 0 heterocycles. The second kappa shape index (κ2) is 24.5. The molecule has 1 N–H and O–H groups in total. The van der Waals surface area contributed by atoms with E-state index < -0.39 is 0 Å². The zero-order valence-electron chi connectivity index (χ0n) is 21.1. The molecular weight excluding hydrogens is 526 g/mol. The van der Waals surface area contributed by atoms with Crippen molar-refractivity contribution in [1.82, 2.24) is 4.90 Å². The van der Waals surface area contributed by atoms with E-state index in [-0.39, 0.29) is 34.1 Å². The summed E-state index contributed by atoms with van der Waals surface area (Å²) in [5, 5.41) is 8.90. The van der Waals surface area contributed by atoms with Gasteiger partial charge in [-0.3, -0.25) is 0 Å². The third kappa shape index (κ3) is 15.8. The summed E-state index contributed by atoms with van der Waals surface area (Å²) < 4.78 is 0. The van der Waals surface area contributed by atoms with Crippen LogP contribution in [0.2, 0.25) is 0 Å². The van der Waals surface area contributed by atoms with Gasteiger partial charge >= 0.3 is 34.1 Å². The van der Waals surface area contributed by atoms with Crippen LogP contribution in [0.5, 0.6) is 0 Å². The van der Waals surface area contributed by atoms with Crippen LogP contribution in [-0.2, 0) is 34.1 Å². The van der Waals surface area contributed by atoms with Gasteiger partial charge in [0, 0.05) is 43.4 Å². The van der Waals surface area contributed by atoms with Gasteiger partial charge in [-0.2, -0.15) is 0 Å². The molecule has 0 bridgehead atoms. The van der Waals surface area contributed by atoms with Gasteiger partial charge in [-0.1, -0.05) is 25.0 Å². The Morgan fingerprint density at radius 1 is 0.556 bits per heavy atom. The molecule has 4 aliphatic carbocycles. The number of hydrogen-bond acceptors (Lipinski definition) is 2. The van der Waals surface area contributed by atoms with Gasteiger partial charge in [0.05, 0.1) is 0 Å². The molecule has 4 rings (SSSR count). The molecule has 0 aromatic carbocycles. The van der Waals surface area contributed by atoms with E-state index in [1.807, 2.05) is 76.4 Å². The van der Waals surface area contributed by atoms with Gasteiger partial charge in [-0.15, -0.1) is 13.2 Å². The van der Waals surface area contributed by atoms with Crippen molar-refractivity contribution in [3.8, 4) is 0 Å². The first kappa shape index (κ1) is 36.4. The molecule has 0 atom stereocenters. The molecule has 4 saturated carbocycles. The zero-order valence-corrected chi connectivity index (χ0v) is 23.3. The van der Waals surface area contributed by atoms with E-state index in [4.69, 9.17) is 5.11 Å². The van der Waals surface area contributed by atoms with Gasteiger partial charge in [0.15, 0.2) is 0 Å². The van der Waals surface area contributed by atoms with Crippen LogP contribution in [0, 0.1) is 126 Å². The Hall–Kier alpha value is 0.439. The summed E-state index contributed by atoms with van der Waals surface area (Å²) in [6.07, 6.45) is 41.0. The fourth-order valence-corrected chi connectivity index (χ4v) is 3.77. The predicted molar refractivity (Wildman–Crippen MR) is 144 cm³/mol. The van der Waals surface area contributed by atoms with E-state index in [1.165, 1.54) is 30.1 Å². The number of rotatable bonds is 12. The minimum Gasteiger partial charge on any atom is -0.396 e. The van der Waals surface area contributed by atoms with Gasteiger partial charge in [0.2, 0.25) is 0 Å². The molecular formula is C32H39Fe2NO+4. The Bertz CT molecular complexity index is 453. The number of nitrogens with zero attached hydrogens (tertiary/aromatic N) is 1. The van der Waals surface area contributed by atoms with Gasteiger partial charge in [-0.05, 0) is 122 Å². The SMILES string of the molecule is C=C[C]1[CH][CH][CH][C]1CN(CCCCCCO)C[C]1[CH][CH][CH][C]1C=C.[CH]1[CH][CH][CH][CH]1.[CH]1[CH][CH][CH][CH]1.[Fe+2].[Fe+2]. The minimum absolute atomic E-state index is 0. The fourth-order valence-electron chi connectivity index (χ4n) is 3.77. The summed E-state index contributed by atoms with van der Waals surface area (Å²) in [7, 11) is 0. The molecule has 2 nitrogen and oxygen atoms in total. The zero-order chi connectivity index (χ0) is 24.3. The topological polar surface area (TPSA) is 23.5 Å². The summed E-state index contributed by atoms with van der Waals surface area (Å²) in [5.74, 6) is 5.14. The van der Waals surface area contributed by atoms with Crippen LogP contribution in [-0.4, -0.2) is 36.2 Å². The maximum absolute atomic E-state index is 8.90. The Kier molecular flexibility index (Phi) is 24.8. The van der Waals surface area contributed by atoms with E-state index in [2.05, 4.69) is 56.6 Å². The number of aliphatic hydroxyl groups excluding tert-OH is 1. The van der Waals surface area contributed by atoms with Gasteiger partial charge in [0.1, 0.15) is 0 Å². The van der Waals surface area contributed by atoms with Crippen LogP contribution in [0.25, 0.3) is 0 Å². The molecule has 0 aromatic heterocycles. The first-order valence-corrected chi connectivity index (χ1v) is 12.2. The third-order valence-corrected chi connectivity index (χ3v) is 5.61. The van der Waals surface area contributed by atoms with Crippen molar-refractivity contribution >= 4 is 0 Å². The normalized spacial score (nSPS) is 20.7. The van der Waals surface area contributed by atoms with E-state index in [1.54, 1.807) is 0 Å². The van der Waals surface area contributed by atoms with Crippen molar-refractivity contribution in [1.29, 1.82) is 0 Å². The first-order chi connectivity index (χ1) is 16.8. The number of aliphatic hydroxyl groups is 1. The maximum Gasteiger partial charge on any atom is 2.00 e. The van der Waals surface area contributed by atoms with Crippen molar-refractivity contribution in [3.63, 3.8) is 0 Å². The number of unbranched alkanes of at least 4 members (excludes halogenated alkanes) is 3. The molecule has 4 heteroatoms. The van der Waals surface area contributed by atoms with Crippen LogP contribution in [0.3, 0.4) is 0 Å². The first-order valence-electron chi connectivity index (χ1n) is 12.2. The molecule has 0 spiro atoms. The summed E-state index contributed by atoms with van der Waals surface area (Å²) in [6, 6.07) is 0. The Balaban J connectivity index is 0.000000842. The van der Waals surface area contributed by atoms with Crippen molar-refractivity contribution in [2.24, 2.45) is 0 Å². The van der Waals surface area contributed by atoms with Crippen molar-refractivity contribution in [2.45, 2.75) is 25.7 Å². The molecule has 0 amide bonds. The molecule has 0 unspecified atom stereocenters. The summed E-state index contributed by atoms with van der Waals surface area (Å²) >= 11 is 0. The van der Waals surface area contributed by atoms with Crippen LogP contribution in [0.1, 0.15) is 25.7 Å². The fraction of sp³-hybridized carbons (Fsp3) is 0.250. The largest absolute Gasteiger partial charge is 2.00 e. The molecule has 190 valence electrons. The van der Waals surface area contributed by atoms with Crippen molar-refractivity contribution < 1.29 is 39.2 Å². The molecule has 0 saturated heterocycles. The quantitative estimate of drug-likeness (QED) is 0.239. The standard InChI is InChI=1S/C22H29NO.2C5H5.2Fe/c1-3-19-11-9-13-21(19)17-23(15-7-5-6-8-16-24)18-22-14-10-12-20(22)4-2;2*1-2-4-5-3-1;;/h3-4,9-14,24H,1-2,5-8,15-18H2;2*1-5H;;/q;;;2*+2. The van der Waals surface area contributed by atoms with Crippen LogP contribution >= 0.6 is 0 Å². The van der Waals surface area contributed by atoms with E-state index in [0.717, 1.165) is 38.9 Å². The molecule has 4 fully saturated rings. The van der Waals surface area contributed by atoms with E-state index in [9.17, 15) is 0 Å². The van der Waals surface area contributed by atoms with Crippen LogP contribution in [0.15, 0.2) is 25.3 Å². The molecule has 20 radical (unpaired) electrons. The molecule has 0 aromatic rings. The van der Waals surface area contributed by atoms with Gasteiger partial charge in [-0.25, -0.2) is 0 Å². The van der Waals surface area contributed by atoms with E-state index in [0.29, 0.717) is 6.61 Å². The second-order valence-electron chi connectivity index (χ2n) is 8.19. The maximum atomic E-state index is 8.90. The smallest absolute Gasteiger partial charge is 0.396 e. The minimum atomic E-state index is 0. The van der Waals surface area contributed by atoms with Crippen molar-refractivity contribution in [3.05, 3.63) is 152 Å². The van der Waals surface area contributed by atoms with E-state index >= 15 is 0 Å². The Labute approximate surface area is 246 Å².